The number of aromatic nitrogens is 2. The number of hydrogen-bond donors (Lipinski definition) is 1. The summed E-state index contributed by atoms with van der Waals surface area (Å²) < 4.78 is 2.91. The number of rotatable bonds is 6. The largest absolute Gasteiger partial charge is 0.437 e. The van der Waals surface area contributed by atoms with Crippen LogP contribution in [0.1, 0.15) is 13.3 Å². The summed E-state index contributed by atoms with van der Waals surface area (Å²) in [5.74, 6) is 0. The summed E-state index contributed by atoms with van der Waals surface area (Å²) in [6.45, 7) is 6.51. The lowest BCUT2D eigenvalue weighted by atomic mass is 9.85. The summed E-state index contributed by atoms with van der Waals surface area (Å²) in [5, 5.41) is 13.6. The third kappa shape index (κ3) is 4.36. The topological polar surface area (TPSA) is 41.3 Å². The first-order valence-corrected chi connectivity index (χ1v) is 6.03. The predicted molar refractivity (Wildman–Crippen MR) is 65.6 cm³/mol. The van der Waals surface area contributed by atoms with Crippen LogP contribution in [0.5, 0.6) is 0 Å². The van der Waals surface area contributed by atoms with Gasteiger partial charge in [-0.15, -0.1) is 0 Å². The molecule has 0 fully saturated rings. The van der Waals surface area contributed by atoms with Gasteiger partial charge in [0, 0.05) is 12.7 Å². The van der Waals surface area contributed by atoms with Crippen LogP contribution in [0.2, 0.25) is 6.82 Å². The Bertz CT molecular complexity index is 293. The Kier molecular flexibility index (Phi) is 5.35. The van der Waals surface area contributed by atoms with E-state index in [4.69, 9.17) is 0 Å². The molecule has 1 aromatic heterocycles. The molecule has 0 unspecified atom stereocenters. The molecule has 6 heteroatoms. The van der Waals surface area contributed by atoms with Crippen molar-refractivity contribution >= 4 is 23.0 Å². The molecule has 0 aliphatic carbocycles. The van der Waals surface area contributed by atoms with Gasteiger partial charge in [-0.3, -0.25) is 4.68 Å². The molecular weight excluding hydrogens is 257 g/mol. The first-order chi connectivity index (χ1) is 7.13. The van der Waals surface area contributed by atoms with Crippen molar-refractivity contribution in [1.82, 2.24) is 14.6 Å². The van der Waals surface area contributed by atoms with Crippen LogP contribution < -0.4 is 0 Å². The van der Waals surface area contributed by atoms with Crippen LogP contribution >= 0.6 is 15.9 Å². The molecule has 1 aromatic rings. The first kappa shape index (κ1) is 12.7. The third-order valence-electron chi connectivity index (χ3n) is 2.37. The van der Waals surface area contributed by atoms with Crippen molar-refractivity contribution in [3.63, 3.8) is 0 Å². The average Bonchev–Trinajstić information content (AvgIpc) is 2.58. The molecule has 0 aliphatic rings. The van der Waals surface area contributed by atoms with E-state index in [1.165, 1.54) is 0 Å². The van der Waals surface area contributed by atoms with Gasteiger partial charge in [0.15, 0.2) is 0 Å². The molecule has 0 saturated carbocycles. The number of halogens is 1. The van der Waals surface area contributed by atoms with Crippen molar-refractivity contribution in [2.75, 3.05) is 13.1 Å². The summed E-state index contributed by atoms with van der Waals surface area (Å²) >= 11 is 3.36. The van der Waals surface area contributed by atoms with E-state index in [2.05, 4.69) is 28.0 Å². The van der Waals surface area contributed by atoms with E-state index in [1.807, 2.05) is 15.7 Å². The fourth-order valence-electron chi connectivity index (χ4n) is 1.51. The lowest BCUT2D eigenvalue weighted by Crippen LogP contribution is -2.37. The number of nitrogens with zero attached hydrogens (tertiary/aromatic N) is 3. The van der Waals surface area contributed by atoms with Gasteiger partial charge in [0.25, 0.3) is 0 Å². The molecule has 0 amide bonds. The van der Waals surface area contributed by atoms with Crippen LogP contribution in [0.25, 0.3) is 0 Å². The Morgan fingerprint density at radius 1 is 1.67 bits per heavy atom. The lowest BCUT2D eigenvalue weighted by molar-refractivity contribution is 0.362. The van der Waals surface area contributed by atoms with Crippen molar-refractivity contribution in [3.05, 3.63) is 16.9 Å². The number of aryl methyl sites for hydroxylation is 1. The number of hydrogen-bond acceptors (Lipinski definition) is 3. The molecule has 0 atom stereocenters. The van der Waals surface area contributed by atoms with Gasteiger partial charge in [-0.1, -0.05) is 6.92 Å². The van der Waals surface area contributed by atoms with Gasteiger partial charge < -0.3 is 9.83 Å². The fraction of sp³-hybridized carbons (Fsp3) is 0.667. The van der Waals surface area contributed by atoms with E-state index >= 15 is 0 Å². The molecule has 4 nitrogen and oxygen atoms in total. The van der Waals surface area contributed by atoms with Gasteiger partial charge in [-0.25, -0.2) is 0 Å². The molecular formula is C9H17BBrN3O. The summed E-state index contributed by atoms with van der Waals surface area (Å²) in [6, 6.07) is 0. The third-order valence-corrected chi connectivity index (χ3v) is 2.78. The SMILES string of the molecule is CCN(CCCn1cc(Br)cn1)B(C)O. The van der Waals surface area contributed by atoms with E-state index in [9.17, 15) is 5.02 Å². The average molecular weight is 274 g/mol. The van der Waals surface area contributed by atoms with Gasteiger partial charge in [0.1, 0.15) is 0 Å². The van der Waals surface area contributed by atoms with E-state index in [0.29, 0.717) is 0 Å². The second kappa shape index (κ2) is 6.30. The highest BCUT2D eigenvalue weighted by Gasteiger charge is 2.12. The fourth-order valence-corrected chi connectivity index (χ4v) is 1.83. The first-order valence-electron chi connectivity index (χ1n) is 5.23. The maximum Gasteiger partial charge on any atom is 0.376 e. The summed E-state index contributed by atoms with van der Waals surface area (Å²) in [4.78, 5) is 2.03. The van der Waals surface area contributed by atoms with Gasteiger partial charge in [-0.2, -0.15) is 5.10 Å². The Morgan fingerprint density at radius 2 is 2.40 bits per heavy atom. The highest BCUT2D eigenvalue weighted by molar-refractivity contribution is 9.10. The quantitative estimate of drug-likeness (QED) is 0.798. The molecule has 15 heavy (non-hydrogen) atoms. The van der Waals surface area contributed by atoms with Crippen molar-refractivity contribution < 1.29 is 5.02 Å². The molecule has 1 N–H and O–H groups in total. The molecule has 0 saturated heterocycles. The van der Waals surface area contributed by atoms with Crippen LogP contribution in [0.15, 0.2) is 16.9 Å². The van der Waals surface area contributed by atoms with Gasteiger partial charge in [0.05, 0.1) is 10.7 Å². The van der Waals surface area contributed by atoms with E-state index in [-0.39, 0.29) is 7.05 Å². The van der Waals surface area contributed by atoms with Crippen molar-refractivity contribution in [1.29, 1.82) is 0 Å². The van der Waals surface area contributed by atoms with Crippen LogP contribution in [0, 0.1) is 0 Å². The van der Waals surface area contributed by atoms with Gasteiger partial charge in [-0.05, 0) is 42.3 Å². The molecule has 0 bridgehead atoms. The van der Waals surface area contributed by atoms with Crippen LogP contribution in [-0.2, 0) is 6.54 Å². The smallest absolute Gasteiger partial charge is 0.376 e. The summed E-state index contributed by atoms with van der Waals surface area (Å²) in [7, 11) is -0.362. The predicted octanol–water partition coefficient (Wildman–Crippen LogP) is 1.47. The van der Waals surface area contributed by atoms with E-state index in [1.54, 1.807) is 13.0 Å². The van der Waals surface area contributed by atoms with Crippen LogP contribution in [0.4, 0.5) is 0 Å². The normalized spacial score (nSPS) is 11.0. The Labute approximate surface area is 99.5 Å². The van der Waals surface area contributed by atoms with Crippen molar-refractivity contribution in [3.8, 4) is 0 Å². The van der Waals surface area contributed by atoms with Crippen LogP contribution in [0.3, 0.4) is 0 Å². The van der Waals surface area contributed by atoms with Gasteiger partial charge >= 0.3 is 7.05 Å². The highest BCUT2D eigenvalue weighted by Crippen LogP contribution is 2.06. The molecule has 0 aliphatic heterocycles. The summed E-state index contributed by atoms with van der Waals surface area (Å²) in [5.41, 5.74) is 0. The maximum atomic E-state index is 9.41. The Balaban J connectivity index is 2.26. The maximum absolute atomic E-state index is 9.41. The van der Waals surface area contributed by atoms with Crippen LogP contribution in [-0.4, -0.2) is 39.8 Å². The second-order valence-corrected chi connectivity index (χ2v) is 4.45. The zero-order chi connectivity index (χ0) is 11.3. The zero-order valence-corrected chi connectivity index (χ0v) is 10.8. The minimum absolute atomic E-state index is 0.362. The lowest BCUT2D eigenvalue weighted by Gasteiger charge is -2.20. The molecule has 1 heterocycles. The highest BCUT2D eigenvalue weighted by atomic mass is 79.9. The molecule has 0 radical (unpaired) electrons. The van der Waals surface area contributed by atoms with E-state index < -0.39 is 0 Å². The Morgan fingerprint density at radius 3 is 2.87 bits per heavy atom. The molecule has 1 rings (SSSR count). The summed E-state index contributed by atoms with van der Waals surface area (Å²) in [6.07, 6.45) is 4.73. The Hall–Kier alpha value is -0.325. The monoisotopic (exact) mass is 273 g/mol. The molecule has 84 valence electrons. The standard InChI is InChI=1S/C9H17BBrN3O/c1-3-13(10(2)15)5-4-6-14-8-9(11)7-12-14/h7-8,15H,3-6H2,1-2H3. The minimum atomic E-state index is -0.362. The second-order valence-electron chi connectivity index (χ2n) is 3.54. The minimum Gasteiger partial charge on any atom is -0.437 e. The zero-order valence-electron chi connectivity index (χ0n) is 9.23. The van der Waals surface area contributed by atoms with Crippen molar-refractivity contribution in [2.24, 2.45) is 0 Å². The van der Waals surface area contributed by atoms with Gasteiger partial charge in [0.2, 0.25) is 0 Å². The molecule has 0 aromatic carbocycles. The van der Waals surface area contributed by atoms with E-state index in [0.717, 1.165) is 30.5 Å². The van der Waals surface area contributed by atoms with Crippen molar-refractivity contribution in [2.45, 2.75) is 26.7 Å². The molecule has 0 spiro atoms.